The van der Waals surface area contributed by atoms with Crippen molar-refractivity contribution in [2.45, 2.75) is 13.8 Å². The van der Waals surface area contributed by atoms with E-state index < -0.39 is 0 Å². The Kier molecular flexibility index (Phi) is 3.39. The molecule has 0 bridgehead atoms. The summed E-state index contributed by atoms with van der Waals surface area (Å²) in [5.74, 6) is 0. The molecule has 0 saturated heterocycles. The Balaban J connectivity index is 2.29. The van der Waals surface area contributed by atoms with Gasteiger partial charge in [-0.2, -0.15) is 0 Å². The van der Waals surface area contributed by atoms with E-state index in [-0.39, 0.29) is 0 Å². The molecule has 3 aromatic carbocycles. The molecule has 0 unspecified atom stereocenters. The molecule has 0 amide bonds. The molecule has 0 aliphatic heterocycles. The van der Waals surface area contributed by atoms with E-state index in [1.165, 1.54) is 33.4 Å². The molecule has 3 aromatic rings. The summed E-state index contributed by atoms with van der Waals surface area (Å²) in [6, 6.07) is 25.8. The van der Waals surface area contributed by atoms with E-state index in [0.29, 0.717) is 0 Å². The second-order valence-electron chi connectivity index (χ2n) is 5.24. The van der Waals surface area contributed by atoms with E-state index in [2.05, 4.69) is 86.6 Å². The summed E-state index contributed by atoms with van der Waals surface area (Å²) in [4.78, 5) is 0. The Hall–Kier alpha value is -2.34. The lowest BCUT2D eigenvalue weighted by atomic mass is 9.89. The second-order valence-corrected chi connectivity index (χ2v) is 5.24. The van der Waals surface area contributed by atoms with Crippen LogP contribution in [0.2, 0.25) is 0 Å². The number of benzene rings is 3. The molecule has 98 valence electrons. The first-order valence-corrected chi connectivity index (χ1v) is 6.98. The molecule has 0 fully saturated rings. The highest BCUT2D eigenvalue weighted by molar-refractivity contribution is 5.86. The monoisotopic (exact) mass is 258 g/mol. The normalized spacial score (nSPS) is 10.5. The second kappa shape index (κ2) is 5.34. The number of rotatable bonds is 2. The summed E-state index contributed by atoms with van der Waals surface area (Å²) >= 11 is 0. The molecule has 0 heterocycles. The minimum Gasteiger partial charge on any atom is -0.0622 e. The Bertz CT molecular complexity index is 710. The van der Waals surface area contributed by atoms with Crippen LogP contribution in [0.4, 0.5) is 0 Å². The standard InChI is InChI=1S/C20H18/c1-15-13-16(2)20(18-11-7-4-8-12-18)19(14-15)17-9-5-3-6-10-17/h3-14H,1-2H3. The average molecular weight is 258 g/mol. The summed E-state index contributed by atoms with van der Waals surface area (Å²) in [5.41, 5.74) is 7.84. The minimum absolute atomic E-state index is 1.28. The van der Waals surface area contributed by atoms with Crippen molar-refractivity contribution in [3.05, 3.63) is 83.9 Å². The van der Waals surface area contributed by atoms with Gasteiger partial charge in [-0.3, -0.25) is 0 Å². The van der Waals surface area contributed by atoms with Gasteiger partial charge in [0.1, 0.15) is 0 Å². The predicted molar refractivity (Wildman–Crippen MR) is 86.8 cm³/mol. The van der Waals surface area contributed by atoms with Crippen molar-refractivity contribution in [3.8, 4) is 22.3 Å². The van der Waals surface area contributed by atoms with E-state index in [4.69, 9.17) is 0 Å². The number of hydrogen-bond acceptors (Lipinski definition) is 0. The molecule has 20 heavy (non-hydrogen) atoms. The zero-order valence-corrected chi connectivity index (χ0v) is 11.9. The van der Waals surface area contributed by atoms with Crippen LogP contribution in [0.1, 0.15) is 11.1 Å². The summed E-state index contributed by atoms with van der Waals surface area (Å²) in [6.07, 6.45) is 0. The molecule has 0 saturated carbocycles. The van der Waals surface area contributed by atoms with Crippen molar-refractivity contribution in [3.63, 3.8) is 0 Å². The molecule has 0 heteroatoms. The van der Waals surface area contributed by atoms with E-state index in [9.17, 15) is 0 Å². The average Bonchev–Trinajstić information content (AvgIpc) is 2.48. The van der Waals surface area contributed by atoms with Gasteiger partial charge < -0.3 is 0 Å². The van der Waals surface area contributed by atoms with Gasteiger partial charge >= 0.3 is 0 Å². The topological polar surface area (TPSA) is 0 Å². The van der Waals surface area contributed by atoms with Crippen molar-refractivity contribution in [2.75, 3.05) is 0 Å². The third kappa shape index (κ3) is 2.37. The Labute approximate surface area is 120 Å². The molecule has 0 atom stereocenters. The van der Waals surface area contributed by atoms with Crippen molar-refractivity contribution in [1.29, 1.82) is 0 Å². The molecule has 0 spiro atoms. The van der Waals surface area contributed by atoms with Crippen LogP contribution in [-0.2, 0) is 0 Å². The predicted octanol–water partition coefficient (Wildman–Crippen LogP) is 5.64. The lowest BCUT2D eigenvalue weighted by Crippen LogP contribution is -1.91. The fourth-order valence-corrected chi connectivity index (χ4v) is 2.80. The third-order valence-electron chi connectivity index (χ3n) is 3.63. The summed E-state index contributed by atoms with van der Waals surface area (Å²) in [5, 5.41) is 0. The fraction of sp³-hybridized carbons (Fsp3) is 0.100. The van der Waals surface area contributed by atoms with E-state index in [1.54, 1.807) is 0 Å². The van der Waals surface area contributed by atoms with Gasteiger partial charge in [-0.05, 0) is 41.7 Å². The minimum atomic E-state index is 1.28. The van der Waals surface area contributed by atoms with Gasteiger partial charge in [0.15, 0.2) is 0 Å². The van der Waals surface area contributed by atoms with Gasteiger partial charge in [0.05, 0.1) is 0 Å². The molecular formula is C20H18. The van der Waals surface area contributed by atoms with Crippen molar-refractivity contribution >= 4 is 0 Å². The van der Waals surface area contributed by atoms with Gasteiger partial charge in [0.25, 0.3) is 0 Å². The summed E-state index contributed by atoms with van der Waals surface area (Å²) in [6.45, 7) is 4.36. The third-order valence-corrected chi connectivity index (χ3v) is 3.63. The number of hydrogen-bond donors (Lipinski definition) is 0. The van der Waals surface area contributed by atoms with Gasteiger partial charge in [-0.15, -0.1) is 0 Å². The molecule has 0 aromatic heterocycles. The van der Waals surface area contributed by atoms with Gasteiger partial charge in [-0.25, -0.2) is 0 Å². The molecule has 0 nitrogen and oxygen atoms in total. The van der Waals surface area contributed by atoms with Crippen LogP contribution in [0, 0.1) is 13.8 Å². The Morgan fingerprint density at radius 1 is 0.600 bits per heavy atom. The highest BCUT2D eigenvalue weighted by atomic mass is 14.1. The fourth-order valence-electron chi connectivity index (χ4n) is 2.80. The molecule has 0 aliphatic carbocycles. The van der Waals surface area contributed by atoms with Crippen molar-refractivity contribution in [1.82, 2.24) is 0 Å². The number of aryl methyl sites for hydroxylation is 2. The zero-order chi connectivity index (χ0) is 13.9. The lowest BCUT2D eigenvalue weighted by molar-refractivity contribution is 1.38. The maximum atomic E-state index is 2.28. The van der Waals surface area contributed by atoms with Gasteiger partial charge in [0, 0.05) is 0 Å². The summed E-state index contributed by atoms with van der Waals surface area (Å²) in [7, 11) is 0. The summed E-state index contributed by atoms with van der Waals surface area (Å²) < 4.78 is 0. The Morgan fingerprint density at radius 3 is 1.75 bits per heavy atom. The first kappa shape index (κ1) is 12.7. The first-order chi connectivity index (χ1) is 9.75. The molecule has 3 rings (SSSR count). The van der Waals surface area contributed by atoms with Gasteiger partial charge in [0.2, 0.25) is 0 Å². The molecular weight excluding hydrogens is 240 g/mol. The molecule has 0 aliphatic rings. The van der Waals surface area contributed by atoms with Crippen LogP contribution in [0.15, 0.2) is 72.8 Å². The van der Waals surface area contributed by atoms with Crippen LogP contribution in [0.5, 0.6) is 0 Å². The lowest BCUT2D eigenvalue weighted by Gasteiger charge is -2.15. The molecule has 0 N–H and O–H groups in total. The van der Waals surface area contributed by atoms with Crippen LogP contribution in [0.3, 0.4) is 0 Å². The largest absolute Gasteiger partial charge is 0.0622 e. The highest BCUT2D eigenvalue weighted by Crippen LogP contribution is 2.35. The smallest absolute Gasteiger partial charge is 0.00759 e. The Morgan fingerprint density at radius 2 is 1.15 bits per heavy atom. The van der Waals surface area contributed by atoms with Crippen molar-refractivity contribution < 1.29 is 0 Å². The zero-order valence-electron chi connectivity index (χ0n) is 11.9. The van der Waals surface area contributed by atoms with E-state index in [0.717, 1.165) is 0 Å². The van der Waals surface area contributed by atoms with Crippen LogP contribution >= 0.6 is 0 Å². The van der Waals surface area contributed by atoms with Crippen LogP contribution < -0.4 is 0 Å². The SMILES string of the molecule is Cc1cc(C)c(-c2ccccc2)c(-c2ccccc2)c1. The first-order valence-electron chi connectivity index (χ1n) is 6.98. The van der Waals surface area contributed by atoms with Crippen LogP contribution in [0.25, 0.3) is 22.3 Å². The quantitative estimate of drug-likeness (QED) is 0.558. The maximum Gasteiger partial charge on any atom is -0.00759 e. The molecule has 0 radical (unpaired) electrons. The highest BCUT2D eigenvalue weighted by Gasteiger charge is 2.10. The van der Waals surface area contributed by atoms with E-state index in [1.807, 2.05) is 0 Å². The van der Waals surface area contributed by atoms with E-state index >= 15 is 0 Å². The maximum absolute atomic E-state index is 2.28. The van der Waals surface area contributed by atoms with Gasteiger partial charge in [-0.1, -0.05) is 78.4 Å². The van der Waals surface area contributed by atoms with Crippen molar-refractivity contribution in [2.24, 2.45) is 0 Å². The van der Waals surface area contributed by atoms with Crippen LogP contribution in [-0.4, -0.2) is 0 Å².